The van der Waals surface area contributed by atoms with Gasteiger partial charge >= 0.3 is 0 Å². The monoisotopic (exact) mass is 365 g/mol. The zero-order valence-electron chi connectivity index (χ0n) is 14.5. The van der Waals surface area contributed by atoms with E-state index in [1.165, 1.54) is 4.90 Å². The number of fused-ring (bicyclic) bond motifs is 2. The molecule has 1 aromatic heterocycles. The number of imide groups is 1. The first kappa shape index (κ1) is 16.8. The van der Waals surface area contributed by atoms with Crippen molar-refractivity contribution in [2.75, 3.05) is 12.8 Å². The van der Waals surface area contributed by atoms with Crippen molar-refractivity contribution in [1.29, 1.82) is 0 Å². The summed E-state index contributed by atoms with van der Waals surface area (Å²) in [4.78, 5) is 30.8. The number of para-hydroxylation sites is 2. The predicted molar refractivity (Wildman–Crippen MR) is 103 cm³/mol. The molecule has 0 bridgehead atoms. The standard InChI is InChI=1S/C20H19N3O2S/c1-26-20-21-16-10-4-5-11-17(16)22(20)12-6-7-13-23-18(24)14-8-2-3-9-15(14)19(23)25/h2-5,8-11H,6-7,12-13H2,1H3. The fraction of sp³-hybridized carbons (Fsp3) is 0.250. The summed E-state index contributed by atoms with van der Waals surface area (Å²) in [6.45, 7) is 1.27. The summed E-state index contributed by atoms with van der Waals surface area (Å²) in [6.07, 6.45) is 3.67. The molecule has 4 rings (SSSR count). The van der Waals surface area contributed by atoms with E-state index >= 15 is 0 Å². The number of amides is 2. The normalized spacial score (nSPS) is 13.7. The number of thioether (sulfide) groups is 1. The van der Waals surface area contributed by atoms with Gasteiger partial charge in [0.1, 0.15) is 0 Å². The molecule has 2 amide bonds. The van der Waals surface area contributed by atoms with Gasteiger partial charge in [0.2, 0.25) is 0 Å². The highest BCUT2D eigenvalue weighted by Gasteiger charge is 2.34. The summed E-state index contributed by atoms with van der Waals surface area (Å²) in [5.74, 6) is -0.355. The Morgan fingerprint density at radius 1 is 0.885 bits per heavy atom. The van der Waals surface area contributed by atoms with Crippen LogP contribution in [0.4, 0.5) is 0 Å². The molecule has 0 radical (unpaired) electrons. The van der Waals surface area contributed by atoms with E-state index in [-0.39, 0.29) is 11.8 Å². The van der Waals surface area contributed by atoms with Crippen LogP contribution in [-0.4, -0.2) is 39.1 Å². The molecule has 0 saturated carbocycles. The maximum atomic E-state index is 12.4. The van der Waals surface area contributed by atoms with Crippen LogP contribution in [0.2, 0.25) is 0 Å². The van der Waals surface area contributed by atoms with Crippen molar-refractivity contribution in [3.63, 3.8) is 0 Å². The van der Waals surface area contributed by atoms with E-state index in [1.54, 1.807) is 36.0 Å². The van der Waals surface area contributed by atoms with Gasteiger partial charge in [0.25, 0.3) is 11.8 Å². The third-order valence-corrected chi connectivity index (χ3v) is 5.37. The number of hydrogen-bond donors (Lipinski definition) is 0. The molecule has 26 heavy (non-hydrogen) atoms. The molecule has 1 aliphatic heterocycles. The quantitative estimate of drug-likeness (QED) is 0.378. The van der Waals surface area contributed by atoms with Crippen LogP contribution in [0.5, 0.6) is 0 Å². The highest BCUT2D eigenvalue weighted by Crippen LogP contribution is 2.24. The second-order valence-electron chi connectivity index (χ2n) is 6.25. The summed E-state index contributed by atoms with van der Waals surface area (Å²) in [5.41, 5.74) is 3.15. The lowest BCUT2D eigenvalue weighted by atomic mass is 10.1. The molecule has 0 atom stereocenters. The molecular weight excluding hydrogens is 346 g/mol. The zero-order valence-corrected chi connectivity index (χ0v) is 15.3. The number of hydrogen-bond acceptors (Lipinski definition) is 4. The number of benzene rings is 2. The van der Waals surface area contributed by atoms with Gasteiger partial charge < -0.3 is 4.57 Å². The minimum absolute atomic E-state index is 0.177. The number of nitrogens with zero attached hydrogens (tertiary/aromatic N) is 3. The average Bonchev–Trinajstić information content (AvgIpc) is 3.15. The summed E-state index contributed by atoms with van der Waals surface area (Å²) in [5, 5.41) is 0.993. The predicted octanol–water partition coefficient (Wildman–Crippen LogP) is 3.83. The Morgan fingerprint density at radius 2 is 1.50 bits per heavy atom. The molecule has 5 nitrogen and oxygen atoms in total. The fourth-order valence-electron chi connectivity index (χ4n) is 3.41. The Morgan fingerprint density at radius 3 is 2.19 bits per heavy atom. The highest BCUT2D eigenvalue weighted by atomic mass is 32.2. The van der Waals surface area contributed by atoms with Gasteiger partial charge in [-0.05, 0) is 43.4 Å². The van der Waals surface area contributed by atoms with Crippen molar-refractivity contribution in [1.82, 2.24) is 14.5 Å². The lowest BCUT2D eigenvalue weighted by Crippen LogP contribution is -2.30. The van der Waals surface area contributed by atoms with Gasteiger partial charge in [0, 0.05) is 13.1 Å². The topological polar surface area (TPSA) is 55.2 Å². The molecule has 0 spiro atoms. The molecule has 6 heteroatoms. The summed E-state index contributed by atoms with van der Waals surface area (Å²) in [7, 11) is 0. The van der Waals surface area contributed by atoms with Gasteiger partial charge in [-0.15, -0.1) is 0 Å². The SMILES string of the molecule is CSc1nc2ccccc2n1CCCCN1C(=O)c2ccccc2C1=O. The molecule has 0 N–H and O–H groups in total. The lowest BCUT2D eigenvalue weighted by Gasteiger charge is -2.14. The third-order valence-electron chi connectivity index (χ3n) is 4.69. The third kappa shape index (κ3) is 2.80. The van der Waals surface area contributed by atoms with Crippen molar-refractivity contribution in [2.45, 2.75) is 24.5 Å². The van der Waals surface area contributed by atoms with Crippen LogP contribution < -0.4 is 0 Å². The molecule has 3 aromatic rings. The van der Waals surface area contributed by atoms with Crippen LogP contribution in [0.15, 0.2) is 53.7 Å². The number of aryl methyl sites for hydroxylation is 1. The Kier molecular flexibility index (Phi) is 4.51. The fourth-order valence-corrected chi connectivity index (χ4v) is 4.01. The lowest BCUT2D eigenvalue weighted by molar-refractivity contribution is 0.0651. The molecule has 2 heterocycles. The van der Waals surface area contributed by atoms with Crippen molar-refractivity contribution >= 4 is 34.6 Å². The molecule has 0 unspecified atom stereocenters. The van der Waals surface area contributed by atoms with E-state index in [4.69, 9.17) is 0 Å². The largest absolute Gasteiger partial charge is 0.319 e. The first-order valence-electron chi connectivity index (χ1n) is 8.65. The maximum Gasteiger partial charge on any atom is 0.261 e. The maximum absolute atomic E-state index is 12.4. The van der Waals surface area contributed by atoms with E-state index in [0.29, 0.717) is 17.7 Å². The van der Waals surface area contributed by atoms with Gasteiger partial charge in [-0.3, -0.25) is 14.5 Å². The number of carbonyl (C=O) groups is 2. The molecule has 132 valence electrons. The van der Waals surface area contributed by atoms with Gasteiger partial charge in [-0.1, -0.05) is 36.0 Å². The average molecular weight is 365 g/mol. The van der Waals surface area contributed by atoms with Crippen molar-refractivity contribution in [2.24, 2.45) is 0 Å². The Bertz CT molecular complexity index is 961. The second-order valence-corrected chi connectivity index (χ2v) is 7.03. The smallest absolute Gasteiger partial charge is 0.261 e. The molecule has 0 saturated heterocycles. The van der Waals surface area contributed by atoms with Crippen LogP contribution >= 0.6 is 11.8 Å². The summed E-state index contributed by atoms with van der Waals surface area (Å²) >= 11 is 1.63. The second kappa shape index (κ2) is 6.96. The first-order valence-corrected chi connectivity index (χ1v) is 9.87. The van der Waals surface area contributed by atoms with Crippen LogP contribution in [0, 0.1) is 0 Å². The van der Waals surface area contributed by atoms with Crippen LogP contribution in [0.3, 0.4) is 0 Å². The van der Waals surface area contributed by atoms with E-state index < -0.39 is 0 Å². The molecule has 0 aliphatic carbocycles. The number of carbonyl (C=O) groups excluding carboxylic acids is 2. The van der Waals surface area contributed by atoms with Crippen LogP contribution in [-0.2, 0) is 6.54 Å². The van der Waals surface area contributed by atoms with Gasteiger partial charge in [-0.2, -0.15) is 0 Å². The minimum atomic E-state index is -0.177. The van der Waals surface area contributed by atoms with E-state index in [1.807, 2.05) is 24.5 Å². The zero-order chi connectivity index (χ0) is 18.1. The highest BCUT2D eigenvalue weighted by molar-refractivity contribution is 7.98. The Hall–Kier alpha value is -2.60. The minimum Gasteiger partial charge on any atom is -0.319 e. The first-order chi connectivity index (χ1) is 12.7. The van der Waals surface area contributed by atoms with E-state index in [2.05, 4.69) is 15.6 Å². The van der Waals surface area contributed by atoms with Gasteiger partial charge in [-0.25, -0.2) is 4.98 Å². The number of unbranched alkanes of at least 4 members (excludes halogenated alkanes) is 1. The van der Waals surface area contributed by atoms with Gasteiger partial charge in [0.15, 0.2) is 5.16 Å². The molecule has 1 aliphatic rings. The van der Waals surface area contributed by atoms with E-state index in [0.717, 1.165) is 35.6 Å². The van der Waals surface area contributed by atoms with Crippen molar-refractivity contribution < 1.29 is 9.59 Å². The molecule has 0 fully saturated rings. The summed E-state index contributed by atoms with van der Waals surface area (Å²) < 4.78 is 2.21. The number of imidazole rings is 1. The van der Waals surface area contributed by atoms with Crippen LogP contribution in [0.1, 0.15) is 33.6 Å². The van der Waals surface area contributed by atoms with Gasteiger partial charge in [0.05, 0.1) is 22.2 Å². The molecule has 2 aromatic carbocycles. The molecular formula is C20H19N3O2S. The van der Waals surface area contributed by atoms with E-state index in [9.17, 15) is 9.59 Å². The number of rotatable bonds is 6. The Balaban J connectivity index is 1.41. The van der Waals surface area contributed by atoms with Crippen LogP contribution in [0.25, 0.3) is 11.0 Å². The summed E-state index contributed by atoms with van der Waals surface area (Å²) in [6, 6.07) is 15.1. The number of aromatic nitrogens is 2. The Labute approximate surface area is 156 Å². The van der Waals surface area contributed by atoms with Crippen molar-refractivity contribution in [3.8, 4) is 0 Å². The van der Waals surface area contributed by atoms with Crippen molar-refractivity contribution in [3.05, 3.63) is 59.7 Å².